The number of furan rings is 2. The minimum atomic E-state index is 0.583. The van der Waals surface area contributed by atoms with Gasteiger partial charge < -0.3 is 8.83 Å². The molecule has 0 aliphatic heterocycles. The lowest BCUT2D eigenvalue weighted by molar-refractivity contribution is 0.669. The third-order valence-electron chi connectivity index (χ3n) is 11.1. The molecule has 5 nitrogen and oxygen atoms in total. The number of rotatable bonds is 4. The maximum Gasteiger partial charge on any atom is 0.164 e. The van der Waals surface area contributed by atoms with Gasteiger partial charge in [0.25, 0.3) is 0 Å². The lowest BCUT2D eigenvalue weighted by Crippen LogP contribution is -2.01. The van der Waals surface area contributed by atoms with Gasteiger partial charge in [0.1, 0.15) is 22.3 Å². The van der Waals surface area contributed by atoms with Crippen molar-refractivity contribution in [3.63, 3.8) is 0 Å². The van der Waals surface area contributed by atoms with Crippen molar-refractivity contribution in [2.24, 2.45) is 0 Å². The summed E-state index contributed by atoms with van der Waals surface area (Å²) in [6.07, 6.45) is 0. The number of hydrogen-bond donors (Lipinski definition) is 0. The number of benzene rings is 9. The average Bonchev–Trinajstić information content (AvgIpc) is 3.85. The fourth-order valence-electron chi connectivity index (χ4n) is 8.55. The molecule has 56 heavy (non-hydrogen) atoms. The van der Waals surface area contributed by atoms with E-state index in [1.807, 2.05) is 42.5 Å². The molecular weight excluding hydrogens is 687 g/mol. The quantitative estimate of drug-likeness (QED) is 0.170. The molecule has 0 radical (unpaired) electrons. The standard InChI is InChI=1S/C51H29N3O2/c1-2-13-31(14-3-1)49-52-50(54-51(53-49)41-28-32-15-5-6-16-34(32)37-18-8-9-19-38(37)41)40-21-11-22-44-47(40)42-29-33(25-27-43(42)55-44)35-20-10-23-45-46(35)39-26-24-30-12-4-7-17-36(30)48(39)56-45/h1-29H. The summed E-state index contributed by atoms with van der Waals surface area (Å²) in [6.45, 7) is 0. The average molecular weight is 716 g/mol. The van der Waals surface area contributed by atoms with Gasteiger partial charge in [0.2, 0.25) is 0 Å². The van der Waals surface area contributed by atoms with Crippen molar-refractivity contribution in [3.05, 3.63) is 176 Å². The number of aromatic nitrogens is 3. The monoisotopic (exact) mass is 715 g/mol. The van der Waals surface area contributed by atoms with Gasteiger partial charge >= 0.3 is 0 Å². The van der Waals surface area contributed by atoms with Crippen molar-refractivity contribution in [1.82, 2.24) is 15.0 Å². The number of fused-ring (bicyclic) bond motifs is 11. The van der Waals surface area contributed by atoms with Crippen LogP contribution in [0.3, 0.4) is 0 Å². The molecule has 12 rings (SSSR count). The Kier molecular flexibility index (Phi) is 6.56. The maximum atomic E-state index is 6.55. The van der Waals surface area contributed by atoms with Crippen LogP contribution in [-0.4, -0.2) is 15.0 Å². The van der Waals surface area contributed by atoms with Gasteiger partial charge in [-0.15, -0.1) is 0 Å². The van der Waals surface area contributed by atoms with Crippen molar-refractivity contribution < 1.29 is 8.83 Å². The largest absolute Gasteiger partial charge is 0.456 e. The first-order valence-corrected chi connectivity index (χ1v) is 18.8. The third kappa shape index (κ3) is 4.64. The molecule has 0 atom stereocenters. The predicted molar refractivity (Wildman–Crippen MR) is 229 cm³/mol. The molecule has 0 saturated carbocycles. The van der Waals surface area contributed by atoms with E-state index < -0.39 is 0 Å². The molecule has 0 fully saturated rings. The Bertz CT molecular complexity index is 3550. The van der Waals surface area contributed by atoms with E-state index in [2.05, 4.69) is 133 Å². The van der Waals surface area contributed by atoms with Crippen molar-refractivity contribution >= 4 is 76.2 Å². The van der Waals surface area contributed by atoms with E-state index in [9.17, 15) is 0 Å². The van der Waals surface area contributed by atoms with Crippen LogP contribution in [0.25, 0.3) is 121 Å². The zero-order chi connectivity index (χ0) is 36.7. The molecule has 0 unspecified atom stereocenters. The SMILES string of the molecule is c1ccc(-c2nc(-c3cc4ccccc4c4ccccc34)nc(-c3cccc4oc5ccc(-c6cccc7oc8c9ccccc9ccc8c67)cc5c34)n2)cc1. The first-order valence-electron chi connectivity index (χ1n) is 18.8. The van der Waals surface area contributed by atoms with E-state index >= 15 is 0 Å². The molecular formula is C51H29N3O2. The minimum absolute atomic E-state index is 0.583. The fourth-order valence-corrected chi connectivity index (χ4v) is 8.55. The van der Waals surface area contributed by atoms with Crippen LogP contribution in [0.4, 0.5) is 0 Å². The van der Waals surface area contributed by atoms with Crippen molar-refractivity contribution in [3.8, 4) is 45.3 Å². The van der Waals surface area contributed by atoms with Gasteiger partial charge in [0, 0.05) is 43.6 Å². The van der Waals surface area contributed by atoms with Gasteiger partial charge in [0.05, 0.1) is 0 Å². The molecule has 0 bridgehead atoms. The zero-order valence-corrected chi connectivity index (χ0v) is 29.9. The molecule has 0 amide bonds. The lowest BCUT2D eigenvalue weighted by Gasteiger charge is -2.13. The Morgan fingerprint density at radius 3 is 1.79 bits per heavy atom. The highest BCUT2D eigenvalue weighted by Crippen LogP contribution is 2.43. The smallest absolute Gasteiger partial charge is 0.164 e. The van der Waals surface area contributed by atoms with E-state index in [-0.39, 0.29) is 0 Å². The molecule has 9 aromatic carbocycles. The van der Waals surface area contributed by atoms with E-state index in [1.165, 1.54) is 5.39 Å². The van der Waals surface area contributed by atoms with Gasteiger partial charge in [-0.25, -0.2) is 15.0 Å². The summed E-state index contributed by atoms with van der Waals surface area (Å²) in [7, 11) is 0. The summed E-state index contributed by atoms with van der Waals surface area (Å²) in [5.74, 6) is 1.81. The summed E-state index contributed by atoms with van der Waals surface area (Å²) in [5, 5.41) is 11.0. The Balaban J connectivity index is 1.10. The van der Waals surface area contributed by atoms with Crippen LogP contribution in [0.2, 0.25) is 0 Å². The van der Waals surface area contributed by atoms with E-state index in [4.69, 9.17) is 23.8 Å². The molecule has 0 N–H and O–H groups in total. The summed E-state index contributed by atoms with van der Waals surface area (Å²) < 4.78 is 13.1. The highest BCUT2D eigenvalue weighted by molar-refractivity contribution is 6.20. The van der Waals surface area contributed by atoms with Crippen LogP contribution in [0, 0.1) is 0 Å². The van der Waals surface area contributed by atoms with Gasteiger partial charge in [0.15, 0.2) is 17.5 Å². The summed E-state index contributed by atoms with van der Waals surface area (Å²) in [4.78, 5) is 15.6. The molecule has 12 aromatic rings. The fraction of sp³-hybridized carbons (Fsp3) is 0. The Morgan fingerprint density at radius 2 is 0.946 bits per heavy atom. The molecule has 0 saturated heterocycles. The van der Waals surface area contributed by atoms with Crippen molar-refractivity contribution in [1.29, 1.82) is 0 Å². The van der Waals surface area contributed by atoms with Crippen LogP contribution in [0.1, 0.15) is 0 Å². The lowest BCUT2D eigenvalue weighted by atomic mass is 9.96. The van der Waals surface area contributed by atoms with Crippen LogP contribution in [0.15, 0.2) is 185 Å². The molecule has 260 valence electrons. The van der Waals surface area contributed by atoms with Crippen molar-refractivity contribution in [2.75, 3.05) is 0 Å². The van der Waals surface area contributed by atoms with Gasteiger partial charge in [-0.1, -0.05) is 140 Å². The highest BCUT2D eigenvalue weighted by Gasteiger charge is 2.21. The third-order valence-corrected chi connectivity index (χ3v) is 11.1. The molecule has 3 aromatic heterocycles. The normalized spacial score (nSPS) is 11.9. The number of nitrogens with zero attached hydrogens (tertiary/aromatic N) is 3. The van der Waals surface area contributed by atoms with Gasteiger partial charge in [-0.05, 0) is 74.5 Å². The predicted octanol–water partition coefficient (Wildman–Crippen LogP) is 13.8. The van der Waals surface area contributed by atoms with Crippen LogP contribution in [0.5, 0.6) is 0 Å². The molecule has 5 heteroatoms. The van der Waals surface area contributed by atoms with E-state index in [0.717, 1.165) is 98.6 Å². The summed E-state index contributed by atoms with van der Waals surface area (Å²) in [5.41, 5.74) is 8.25. The first kappa shape index (κ1) is 30.8. The Labute approximate surface area is 320 Å². The Morgan fingerprint density at radius 1 is 0.304 bits per heavy atom. The zero-order valence-electron chi connectivity index (χ0n) is 29.9. The summed E-state index contributed by atoms with van der Waals surface area (Å²) >= 11 is 0. The second-order valence-corrected chi connectivity index (χ2v) is 14.3. The molecule has 3 heterocycles. The minimum Gasteiger partial charge on any atom is -0.456 e. The van der Waals surface area contributed by atoms with Crippen LogP contribution >= 0.6 is 0 Å². The Hall–Kier alpha value is -7.63. The molecule has 0 aliphatic carbocycles. The maximum absolute atomic E-state index is 6.55. The van der Waals surface area contributed by atoms with E-state index in [1.54, 1.807) is 0 Å². The molecule has 0 spiro atoms. The second-order valence-electron chi connectivity index (χ2n) is 14.3. The highest BCUT2D eigenvalue weighted by atomic mass is 16.3. The van der Waals surface area contributed by atoms with E-state index in [0.29, 0.717) is 17.5 Å². The van der Waals surface area contributed by atoms with Crippen LogP contribution in [-0.2, 0) is 0 Å². The molecule has 0 aliphatic rings. The van der Waals surface area contributed by atoms with Crippen LogP contribution < -0.4 is 0 Å². The van der Waals surface area contributed by atoms with Crippen molar-refractivity contribution in [2.45, 2.75) is 0 Å². The van der Waals surface area contributed by atoms with Gasteiger partial charge in [-0.2, -0.15) is 0 Å². The number of hydrogen-bond acceptors (Lipinski definition) is 5. The topological polar surface area (TPSA) is 65.0 Å². The van der Waals surface area contributed by atoms with Gasteiger partial charge in [-0.3, -0.25) is 0 Å². The second kappa shape index (κ2) is 11.9. The summed E-state index contributed by atoms with van der Waals surface area (Å²) in [6, 6.07) is 60.9. The first-order chi connectivity index (χ1) is 27.7.